The number of rotatable bonds is 6. The van der Waals surface area contributed by atoms with Crippen LogP contribution < -0.4 is 10.1 Å². The van der Waals surface area contributed by atoms with Gasteiger partial charge in [-0.15, -0.1) is 0 Å². The number of fused-ring (bicyclic) bond motifs is 1. The van der Waals surface area contributed by atoms with Gasteiger partial charge in [0.1, 0.15) is 5.75 Å². The van der Waals surface area contributed by atoms with E-state index in [0.717, 1.165) is 0 Å². The molecule has 0 aliphatic carbocycles. The molecule has 0 bridgehead atoms. The molecule has 1 aromatic carbocycles. The molecule has 1 unspecified atom stereocenters. The van der Waals surface area contributed by atoms with Crippen LogP contribution in [0, 0.1) is 5.92 Å². The summed E-state index contributed by atoms with van der Waals surface area (Å²) < 4.78 is 17.4. The van der Waals surface area contributed by atoms with Crippen LogP contribution in [-0.4, -0.2) is 53.6 Å². The van der Waals surface area contributed by atoms with E-state index in [1.807, 2.05) is 6.92 Å². The van der Waals surface area contributed by atoms with Gasteiger partial charge in [0.15, 0.2) is 0 Å². The first kappa shape index (κ1) is 19.4. The standard InChI is InChI=1S/C20H30N2O3S/c1-3-26(24)16-9-10-19(25-2)17(13-16)20(23)21-14-15-7-6-12-22-11-5-4-8-18(15)22/h9-10,13,15,18H,3-8,11-12,14H2,1-2H3,(H,21,23)/t15-,18+,26?/m0/s1. The lowest BCUT2D eigenvalue weighted by molar-refractivity contribution is 0.0575. The van der Waals surface area contributed by atoms with Crippen LogP contribution in [0.4, 0.5) is 0 Å². The highest BCUT2D eigenvalue weighted by molar-refractivity contribution is 7.85. The van der Waals surface area contributed by atoms with Crippen LogP contribution in [0.3, 0.4) is 0 Å². The van der Waals surface area contributed by atoms with Crippen LogP contribution in [0.25, 0.3) is 0 Å². The fourth-order valence-corrected chi connectivity index (χ4v) is 5.11. The van der Waals surface area contributed by atoms with Crippen molar-refractivity contribution < 1.29 is 13.7 Å². The van der Waals surface area contributed by atoms with Crippen LogP contribution in [0.2, 0.25) is 0 Å². The fraction of sp³-hybridized carbons (Fsp3) is 0.650. The number of hydrogen-bond acceptors (Lipinski definition) is 4. The van der Waals surface area contributed by atoms with E-state index in [4.69, 9.17) is 4.74 Å². The number of piperidine rings is 2. The van der Waals surface area contributed by atoms with Crippen molar-refractivity contribution in [3.05, 3.63) is 23.8 Å². The third kappa shape index (κ3) is 4.29. The van der Waals surface area contributed by atoms with Crippen LogP contribution in [0.15, 0.2) is 23.1 Å². The topological polar surface area (TPSA) is 58.6 Å². The van der Waals surface area contributed by atoms with Crippen molar-refractivity contribution in [3.8, 4) is 5.75 Å². The molecule has 144 valence electrons. The van der Waals surface area contributed by atoms with Crippen LogP contribution >= 0.6 is 0 Å². The maximum atomic E-state index is 12.8. The van der Waals surface area contributed by atoms with Gasteiger partial charge in [-0.25, -0.2) is 0 Å². The molecule has 2 saturated heterocycles. The summed E-state index contributed by atoms with van der Waals surface area (Å²) in [7, 11) is 0.476. The van der Waals surface area contributed by atoms with Gasteiger partial charge in [0.2, 0.25) is 0 Å². The maximum absolute atomic E-state index is 12.8. The van der Waals surface area contributed by atoms with E-state index >= 15 is 0 Å². The molecule has 0 aromatic heterocycles. The lowest BCUT2D eigenvalue weighted by atomic mass is 9.83. The van der Waals surface area contributed by atoms with E-state index in [0.29, 0.717) is 40.5 Å². The number of amides is 1. The Labute approximate surface area is 158 Å². The monoisotopic (exact) mass is 378 g/mol. The molecule has 0 saturated carbocycles. The predicted octanol–water partition coefficient (Wildman–Crippen LogP) is 2.82. The van der Waals surface area contributed by atoms with E-state index in [2.05, 4.69) is 10.2 Å². The summed E-state index contributed by atoms with van der Waals surface area (Å²) >= 11 is 0. The summed E-state index contributed by atoms with van der Waals surface area (Å²) in [4.78, 5) is 16.1. The van der Waals surface area contributed by atoms with E-state index in [1.54, 1.807) is 25.3 Å². The largest absolute Gasteiger partial charge is 0.496 e. The third-order valence-corrected chi connectivity index (χ3v) is 7.00. The van der Waals surface area contributed by atoms with Crippen molar-refractivity contribution in [2.75, 3.05) is 32.5 Å². The van der Waals surface area contributed by atoms with E-state index in [9.17, 15) is 9.00 Å². The Morgan fingerprint density at radius 1 is 1.27 bits per heavy atom. The van der Waals surface area contributed by atoms with E-state index in [-0.39, 0.29) is 5.91 Å². The summed E-state index contributed by atoms with van der Waals surface area (Å²) in [6, 6.07) is 5.83. The number of carbonyl (C=O) groups excluding carboxylic acids is 1. The number of benzene rings is 1. The molecule has 3 rings (SSSR count). The molecule has 26 heavy (non-hydrogen) atoms. The smallest absolute Gasteiger partial charge is 0.255 e. The van der Waals surface area contributed by atoms with Gasteiger partial charge >= 0.3 is 0 Å². The van der Waals surface area contributed by atoms with E-state index < -0.39 is 10.8 Å². The Morgan fingerprint density at radius 3 is 2.85 bits per heavy atom. The van der Waals surface area contributed by atoms with Crippen molar-refractivity contribution in [2.45, 2.75) is 50.0 Å². The summed E-state index contributed by atoms with van der Waals surface area (Å²) in [6.07, 6.45) is 6.23. The zero-order valence-electron chi connectivity index (χ0n) is 15.8. The van der Waals surface area contributed by atoms with Gasteiger partial charge < -0.3 is 15.0 Å². The van der Waals surface area contributed by atoms with Gasteiger partial charge in [-0.2, -0.15) is 0 Å². The minimum absolute atomic E-state index is 0.135. The second-order valence-electron chi connectivity index (χ2n) is 7.21. The number of ether oxygens (including phenoxy) is 1. The van der Waals surface area contributed by atoms with Gasteiger partial charge in [0.25, 0.3) is 5.91 Å². The van der Waals surface area contributed by atoms with Gasteiger partial charge in [0, 0.05) is 23.2 Å². The van der Waals surface area contributed by atoms with Crippen molar-refractivity contribution in [1.82, 2.24) is 10.2 Å². The molecule has 2 aliphatic rings. The number of carbonyl (C=O) groups is 1. The highest BCUT2D eigenvalue weighted by atomic mass is 32.2. The minimum Gasteiger partial charge on any atom is -0.496 e. The molecule has 1 aromatic rings. The van der Waals surface area contributed by atoms with Crippen LogP contribution in [0.5, 0.6) is 5.75 Å². The number of nitrogens with one attached hydrogen (secondary N) is 1. The lowest BCUT2D eigenvalue weighted by Crippen LogP contribution is -2.51. The molecule has 5 nitrogen and oxygen atoms in total. The molecule has 2 heterocycles. The maximum Gasteiger partial charge on any atom is 0.255 e. The normalized spacial score (nSPS) is 24.5. The van der Waals surface area contributed by atoms with Gasteiger partial charge in [-0.3, -0.25) is 9.00 Å². The van der Waals surface area contributed by atoms with Gasteiger partial charge in [0.05, 0.1) is 23.5 Å². The zero-order chi connectivity index (χ0) is 18.5. The molecule has 1 amide bonds. The Morgan fingerprint density at radius 2 is 2.08 bits per heavy atom. The third-order valence-electron chi connectivity index (χ3n) is 5.69. The zero-order valence-corrected chi connectivity index (χ0v) is 16.6. The molecule has 2 fully saturated rings. The average molecular weight is 379 g/mol. The second-order valence-corrected chi connectivity index (χ2v) is 8.95. The Balaban J connectivity index is 1.68. The first-order valence-corrected chi connectivity index (χ1v) is 11.0. The first-order valence-electron chi connectivity index (χ1n) is 9.72. The Hall–Kier alpha value is -1.40. The second kappa shape index (κ2) is 9.00. The molecule has 0 spiro atoms. The summed E-state index contributed by atoms with van der Waals surface area (Å²) in [5.41, 5.74) is 0.475. The quantitative estimate of drug-likeness (QED) is 0.827. The Bertz CT molecular complexity index is 662. The predicted molar refractivity (Wildman–Crippen MR) is 104 cm³/mol. The molecular formula is C20H30N2O3S. The first-order chi connectivity index (χ1) is 12.6. The van der Waals surface area contributed by atoms with E-state index in [1.165, 1.54) is 45.2 Å². The molecule has 1 N–H and O–H groups in total. The molecular weight excluding hydrogens is 348 g/mol. The summed E-state index contributed by atoms with van der Waals surface area (Å²) in [5, 5.41) is 3.12. The van der Waals surface area contributed by atoms with Crippen LogP contribution in [0.1, 0.15) is 49.4 Å². The van der Waals surface area contributed by atoms with Crippen molar-refractivity contribution in [3.63, 3.8) is 0 Å². The highest BCUT2D eigenvalue weighted by Gasteiger charge is 2.33. The molecule has 2 aliphatic heterocycles. The Kier molecular flexibility index (Phi) is 6.70. The number of nitrogens with zero attached hydrogens (tertiary/aromatic N) is 1. The van der Waals surface area contributed by atoms with Crippen molar-refractivity contribution in [1.29, 1.82) is 0 Å². The van der Waals surface area contributed by atoms with Crippen molar-refractivity contribution in [2.24, 2.45) is 5.92 Å². The summed E-state index contributed by atoms with van der Waals surface area (Å²) in [5.74, 6) is 1.45. The van der Waals surface area contributed by atoms with Crippen molar-refractivity contribution >= 4 is 16.7 Å². The number of hydrogen-bond donors (Lipinski definition) is 1. The SMILES string of the molecule is CCS(=O)c1ccc(OC)c(C(=O)NC[C@@H]2CCCN3CCCC[C@H]23)c1. The highest BCUT2D eigenvalue weighted by Crippen LogP contribution is 2.30. The fourth-order valence-electron chi connectivity index (χ4n) is 4.31. The number of methoxy groups -OCH3 is 1. The van der Waals surface area contributed by atoms with Gasteiger partial charge in [-0.05, 0) is 62.9 Å². The van der Waals surface area contributed by atoms with Gasteiger partial charge in [-0.1, -0.05) is 13.3 Å². The van der Waals surface area contributed by atoms with Crippen LogP contribution in [-0.2, 0) is 10.8 Å². The lowest BCUT2D eigenvalue weighted by Gasteiger charge is -2.44. The summed E-state index contributed by atoms with van der Waals surface area (Å²) in [6.45, 7) is 4.98. The molecule has 0 radical (unpaired) electrons. The minimum atomic E-state index is -1.08. The average Bonchev–Trinajstić information content (AvgIpc) is 2.70. The molecule has 3 atom stereocenters. The molecule has 6 heteroatoms.